The van der Waals surface area contributed by atoms with Crippen molar-refractivity contribution >= 4 is 23.5 Å². The van der Waals surface area contributed by atoms with Crippen LogP contribution in [0, 0.1) is 5.92 Å². The highest BCUT2D eigenvalue weighted by atomic mass is 35.5. The predicted molar refractivity (Wildman–Crippen MR) is 88.4 cm³/mol. The molecule has 0 spiro atoms. The van der Waals surface area contributed by atoms with E-state index in [4.69, 9.17) is 22.1 Å². The van der Waals surface area contributed by atoms with E-state index in [9.17, 15) is 9.59 Å². The Morgan fingerprint density at radius 1 is 1.48 bits per heavy atom. The van der Waals surface area contributed by atoms with Gasteiger partial charge in [0, 0.05) is 12.5 Å². The number of rotatable bonds is 5. The minimum Gasteiger partial charge on any atom is -0.492 e. The molecule has 0 radical (unpaired) electrons. The molecule has 3 N–H and O–H groups in total. The first-order chi connectivity index (χ1) is 11.0. The summed E-state index contributed by atoms with van der Waals surface area (Å²) >= 11 is 6.08. The van der Waals surface area contributed by atoms with Crippen LogP contribution in [0.15, 0.2) is 24.3 Å². The number of nitrogens with zero attached hydrogens (tertiary/aromatic N) is 1. The zero-order valence-corrected chi connectivity index (χ0v) is 13.9. The molecule has 1 aromatic carbocycles. The summed E-state index contributed by atoms with van der Waals surface area (Å²) in [7, 11) is 0. The highest BCUT2D eigenvalue weighted by Gasteiger charge is 2.28. The number of halogens is 1. The van der Waals surface area contributed by atoms with Crippen LogP contribution >= 0.6 is 11.6 Å². The molecule has 0 bridgehead atoms. The lowest BCUT2D eigenvalue weighted by molar-refractivity contribution is -0.125. The van der Waals surface area contributed by atoms with E-state index < -0.39 is 12.1 Å². The van der Waals surface area contributed by atoms with Crippen molar-refractivity contribution in [3.63, 3.8) is 0 Å². The Bertz CT molecular complexity index is 567. The van der Waals surface area contributed by atoms with Gasteiger partial charge in [0.2, 0.25) is 5.91 Å². The Hall–Kier alpha value is -1.79. The lowest BCUT2D eigenvalue weighted by atomic mass is 9.97. The summed E-state index contributed by atoms with van der Waals surface area (Å²) in [6.07, 6.45) is 2.01. The van der Waals surface area contributed by atoms with Gasteiger partial charge in [-0.15, -0.1) is 0 Å². The van der Waals surface area contributed by atoms with E-state index in [0.717, 1.165) is 25.9 Å². The third-order valence-electron chi connectivity index (χ3n) is 4.04. The fraction of sp³-hybridized carbons (Fsp3) is 0.500. The van der Waals surface area contributed by atoms with Crippen LogP contribution in [0.1, 0.15) is 19.8 Å². The van der Waals surface area contributed by atoms with Gasteiger partial charge in [0.15, 0.2) is 0 Å². The second-order valence-corrected chi connectivity index (χ2v) is 6.18. The molecule has 1 aliphatic rings. The molecule has 0 aromatic heterocycles. The standard InChI is InChI=1S/C16H22ClN3O3/c1-11(15(21)19-16(18)22)20-8-4-5-12(9-20)10-23-14-7-3-2-6-13(14)17/h2-3,6-7,11-12H,4-5,8-10H2,1H3,(H3,18,19,21,22)/t11-,12+/m0/s1. The number of hydrogen-bond donors (Lipinski definition) is 2. The second kappa shape index (κ2) is 8.17. The number of nitrogens with one attached hydrogen (secondary N) is 1. The van der Waals surface area contributed by atoms with E-state index in [1.165, 1.54) is 0 Å². The summed E-state index contributed by atoms with van der Waals surface area (Å²) in [5, 5.41) is 2.72. The van der Waals surface area contributed by atoms with Crippen molar-refractivity contribution < 1.29 is 14.3 Å². The summed E-state index contributed by atoms with van der Waals surface area (Å²) in [6.45, 7) is 3.87. The first-order valence-electron chi connectivity index (χ1n) is 7.69. The van der Waals surface area contributed by atoms with Crippen LogP contribution in [0.3, 0.4) is 0 Å². The summed E-state index contributed by atoms with van der Waals surface area (Å²) < 4.78 is 5.80. The number of para-hydroxylation sites is 1. The molecule has 1 heterocycles. The highest BCUT2D eigenvalue weighted by Crippen LogP contribution is 2.25. The average Bonchev–Trinajstić information content (AvgIpc) is 2.53. The third kappa shape index (κ3) is 5.11. The van der Waals surface area contributed by atoms with Gasteiger partial charge in [0.25, 0.3) is 0 Å². The number of imide groups is 1. The van der Waals surface area contributed by atoms with Crippen molar-refractivity contribution in [3.8, 4) is 5.75 Å². The fourth-order valence-electron chi connectivity index (χ4n) is 2.75. The molecule has 1 fully saturated rings. The molecule has 7 heteroatoms. The Morgan fingerprint density at radius 3 is 2.91 bits per heavy atom. The SMILES string of the molecule is C[C@@H](C(=O)NC(N)=O)N1CCC[C@@H](COc2ccccc2Cl)C1. The predicted octanol–water partition coefficient (Wildman–Crippen LogP) is 2.01. The molecule has 2 rings (SSSR count). The van der Waals surface area contributed by atoms with E-state index in [1.54, 1.807) is 13.0 Å². The van der Waals surface area contributed by atoms with Crippen LogP contribution in [0.2, 0.25) is 5.02 Å². The van der Waals surface area contributed by atoms with Gasteiger partial charge < -0.3 is 10.5 Å². The zero-order valence-electron chi connectivity index (χ0n) is 13.1. The number of likely N-dealkylation sites (tertiary alicyclic amines) is 1. The number of ether oxygens (including phenoxy) is 1. The molecule has 1 aliphatic heterocycles. The first-order valence-corrected chi connectivity index (χ1v) is 8.07. The molecule has 0 unspecified atom stereocenters. The molecule has 0 saturated carbocycles. The molecule has 6 nitrogen and oxygen atoms in total. The average molecular weight is 340 g/mol. The quantitative estimate of drug-likeness (QED) is 0.859. The summed E-state index contributed by atoms with van der Waals surface area (Å²) in [5.74, 6) is 0.611. The lowest BCUT2D eigenvalue weighted by Crippen LogP contribution is -2.51. The van der Waals surface area contributed by atoms with Gasteiger partial charge >= 0.3 is 6.03 Å². The number of piperidine rings is 1. The van der Waals surface area contributed by atoms with Crippen LogP contribution in [0.5, 0.6) is 5.75 Å². The molecule has 23 heavy (non-hydrogen) atoms. The van der Waals surface area contributed by atoms with Gasteiger partial charge in [-0.3, -0.25) is 15.0 Å². The zero-order chi connectivity index (χ0) is 16.8. The van der Waals surface area contributed by atoms with Gasteiger partial charge in [0.1, 0.15) is 5.75 Å². The third-order valence-corrected chi connectivity index (χ3v) is 4.35. The van der Waals surface area contributed by atoms with Gasteiger partial charge in [-0.05, 0) is 38.4 Å². The highest BCUT2D eigenvalue weighted by molar-refractivity contribution is 6.32. The Labute approximate surface area is 140 Å². The summed E-state index contributed by atoms with van der Waals surface area (Å²) in [6, 6.07) is 6.15. The molecule has 0 aliphatic carbocycles. The van der Waals surface area contributed by atoms with Crippen molar-refractivity contribution in [2.24, 2.45) is 11.7 Å². The maximum absolute atomic E-state index is 11.9. The molecule has 1 aromatic rings. The van der Waals surface area contributed by atoms with Gasteiger partial charge in [-0.1, -0.05) is 23.7 Å². The summed E-state index contributed by atoms with van der Waals surface area (Å²) in [5.41, 5.74) is 4.99. The van der Waals surface area contributed by atoms with E-state index >= 15 is 0 Å². The van der Waals surface area contributed by atoms with Gasteiger partial charge in [-0.25, -0.2) is 4.79 Å². The van der Waals surface area contributed by atoms with Crippen molar-refractivity contribution in [1.82, 2.24) is 10.2 Å². The van der Waals surface area contributed by atoms with Crippen LogP contribution < -0.4 is 15.8 Å². The number of nitrogens with two attached hydrogens (primary N) is 1. The fourth-order valence-corrected chi connectivity index (χ4v) is 2.94. The maximum Gasteiger partial charge on any atom is 0.318 e. The van der Waals surface area contributed by atoms with Crippen molar-refractivity contribution in [2.45, 2.75) is 25.8 Å². The van der Waals surface area contributed by atoms with Gasteiger partial charge in [-0.2, -0.15) is 0 Å². The van der Waals surface area contributed by atoms with Crippen molar-refractivity contribution in [3.05, 3.63) is 29.3 Å². The van der Waals surface area contributed by atoms with Crippen LogP contribution in [0.25, 0.3) is 0 Å². The minimum absolute atomic E-state index is 0.309. The second-order valence-electron chi connectivity index (χ2n) is 5.77. The van der Waals surface area contributed by atoms with E-state index in [1.807, 2.05) is 23.1 Å². The van der Waals surface area contributed by atoms with E-state index in [2.05, 4.69) is 5.32 Å². The van der Waals surface area contributed by atoms with Gasteiger partial charge in [0.05, 0.1) is 17.7 Å². The topological polar surface area (TPSA) is 84.7 Å². The number of primary amides is 1. The molecule has 3 amide bonds. The number of hydrogen-bond acceptors (Lipinski definition) is 4. The largest absolute Gasteiger partial charge is 0.492 e. The monoisotopic (exact) mass is 339 g/mol. The van der Waals surface area contributed by atoms with Crippen LogP contribution in [-0.4, -0.2) is 42.6 Å². The minimum atomic E-state index is -0.822. The van der Waals surface area contributed by atoms with Crippen molar-refractivity contribution in [2.75, 3.05) is 19.7 Å². The molecule has 2 atom stereocenters. The van der Waals surface area contributed by atoms with Crippen LogP contribution in [0.4, 0.5) is 4.79 Å². The van der Waals surface area contributed by atoms with Crippen LogP contribution in [-0.2, 0) is 4.79 Å². The van der Waals surface area contributed by atoms with E-state index in [-0.39, 0.29) is 5.91 Å². The number of benzene rings is 1. The van der Waals surface area contributed by atoms with Crippen molar-refractivity contribution in [1.29, 1.82) is 0 Å². The normalized spacial score (nSPS) is 19.8. The Balaban J connectivity index is 1.87. The number of urea groups is 1. The lowest BCUT2D eigenvalue weighted by Gasteiger charge is -2.35. The first kappa shape index (κ1) is 17.6. The maximum atomic E-state index is 11.9. The smallest absolute Gasteiger partial charge is 0.318 e. The Kier molecular flexibility index (Phi) is 6.24. The number of carbonyl (C=O) groups is 2. The molecule has 1 saturated heterocycles. The Morgan fingerprint density at radius 2 is 2.22 bits per heavy atom. The molecular weight excluding hydrogens is 318 g/mol. The molecular formula is C16H22ClN3O3. The van der Waals surface area contributed by atoms with E-state index in [0.29, 0.717) is 23.3 Å². The molecule has 126 valence electrons. The summed E-state index contributed by atoms with van der Waals surface area (Å²) in [4.78, 5) is 24.7. The number of amides is 3. The number of carbonyl (C=O) groups excluding carboxylic acids is 2.